The van der Waals surface area contributed by atoms with E-state index in [1.54, 1.807) is 18.3 Å². The molecule has 1 aliphatic heterocycles. The zero-order valence-corrected chi connectivity index (χ0v) is 17.1. The zero-order valence-electron chi connectivity index (χ0n) is 17.1. The molecule has 0 saturated carbocycles. The maximum absolute atomic E-state index is 12.3. The number of hydrogen-bond acceptors (Lipinski definition) is 8. The third-order valence-corrected chi connectivity index (χ3v) is 4.82. The van der Waals surface area contributed by atoms with Crippen LogP contribution < -0.4 is 21.1 Å². The summed E-state index contributed by atoms with van der Waals surface area (Å²) in [5.74, 6) is 1.48. The molecule has 0 unspecified atom stereocenters. The largest absolute Gasteiger partial charge is 0.378 e. The lowest BCUT2D eigenvalue weighted by atomic mass is 10.1. The van der Waals surface area contributed by atoms with Gasteiger partial charge in [-0.2, -0.15) is 9.97 Å². The van der Waals surface area contributed by atoms with Crippen LogP contribution in [-0.2, 0) is 11.2 Å². The van der Waals surface area contributed by atoms with E-state index in [2.05, 4.69) is 48.2 Å². The van der Waals surface area contributed by atoms with Gasteiger partial charge in [0, 0.05) is 38.1 Å². The second-order valence-corrected chi connectivity index (χ2v) is 7.02. The first-order chi connectivity index (χ1) is 15.3. The monoisotopic (exact) mass is 419 g/mol. The fourth-order valence-electron chi connectivity index (χ4n) is 3.19. The molecule has 160 valence electrons. The molecule has 3 aromatic rings. The molecule has 0 spiro atoms. The molecule has 3 heterocycles. The van der Waals surface area contributed by atoms with Gasteiger partial charge in [0.1, 0.15) is 5.82 Å². The number of hydrogen-bond donors (Lipinski definition) is 3. The van der Waals surface area contributed by atoms with Gasteiger partial charge in [-0.25, -0.2) is 0 Å². The molecule has 3 N–H and O–H groups in total. The van der Waals surface area contributed by atoms with E-state index >= 15 is 0 Å². The molecule has 31 heavy (non-hydrogen) atoms. The second-order valence-electron chi connectivity index (χ2n) is 7.02. The number of morpholine rings is 1. The Kier molecular flexibility index (Phi) is 6.86. The minimum absolute atomic E-state index is 0.293. The highest BCUT2D eigenvalue weighted by atomic mass is 16.5. The molecule has 1 aromatic carbocycles. The lowest BCUT2D eigenvalue weighted by Crippen LogP contribution is -2.37. The van der Waals surface area contributed by atoms with Crippen molar-refractivity contribution in [3.05, 3.63) is 72.1 Å². The fraction of sp³-hybridized carbons (Fsp3) is 0.273. The van der Waals surface area contributed by atoms with Crippen molar-refractivity contribution in [2.24, 2.45) is 0 Å². The van der Waals surface area contributed by atoms with Crippen LogP contribution >= 0.6 is 0 Å². The van der Waals surface area contributed by atoms with Crippen molar-refractivity contribution in [3.63, 3.8) is 0 Å². The van der Waals surface area contributed by atoms with Gasteiger partial charge in [-0.3, -0.25) is 20.6 Å². The molecule has 0 aliphatic carbocycles. The number of nitrogens with one attached hydrogen (secondary N) is 3. The van der Waals surface area contributed by atoms with Crippen molar-refractivity contribution >= 4 is 23.5 Å². The van der Waals surface area contributed by atoms with E-state index in [9.17, 15) is 4.79 Å². The minimum atomic E-state index is -0.293. The van der Waals surface area contributed by atoms with Crippen LogP contribution in [0.3, 0.4) is 0 Å². The van der Waals surface area contributed by atoms with Gasteiger partial charge in [0.25, 0.3) is 5.91 Å². The van der Waals surface area contributed by atoms with Gasteiger partial charge in [-0.1, -0.05) is 30.3 Å². The highest BCUT2D eigenvalue weighted by Gasteiger charge is 2.15. The molecule has 4 rings (SSSR count). The van der Waals surface area contributed by atoms with Gasteiger partial charge >= 0.3 is 0 Å². The Balaban J connectivity index is 1.45. The van der Waals surface area contributed by atoms with Gasteiger partial charge < -0.3 is 15.0 Å². The Labute approximate surface area is 180 Å². The molecular formula is C22H25N7O2. The standard InChI is InChI=1S/C22H25N7O2/c30-21(18-7-4-9-23-16-18)28-27-19-15-20(29-11-13-31-14-12-29)26-22(25-19)24-10-8-17-5-2-1-3-6-17/h1-7,9,15-16H,8,10-14H2,(H,28,30)(H2,24,25,26,27). The SMILES string of the molecule is O=C(NNc1cc(N2CCOCC2)nc(NCCc2ccccc2)n1)c1cccnc1. The van der Waals surface area contributed by atoms with Gasteiger partial charge in [-0.05, 0) is 24.1 Å². The number of hydrazine groups is 1. The van der Waals surface area contributed by atoms with Crippen molar-refractivity contribution in [2.45, 2.75) is 6.42 Å². The highest BCUT2D eigenvalue weighted by Crippen LogP contribution is 2.19. The van der Waals surface area contributed by atoms with E-state index in [4.69, 9.17) is 4.74 Å². The van der Waals surface area contributed by atoms with E-state index in [1.807, 2.05) is 24.3 Å². The summed E-state index contributed by atoms with van der Waals surface area (Å²) in [5.41, 5.74) is 7.25. The van der Waals surface area contributed by atoms with Gasteiger partial charge in [-0.15, -0.1) is 0 Å². The van der Waals surface area contributed by atoms with Crippen LogP contribution in [0.25, 0.3) is 0 Å². The van der Waals surface area contributed by atoms with Gasteiger partial charge in [0.15, 0.2) is 5.82 Å². The van der Waals surface area contributed by atoms with Crippen molar-refractivity contribution in [1.82, 2.24) is 20.4 Å². The summed E-state index contributed by atoms with van der Waals surface area (Å²) in [6.45, 7) is 3.50. The number of pyridine rings is 1. The first-order valence-corrected chi connectivity index (χ1v) is 10.2. The normalized spacial score (nSPS) is 13.5. The second kappa shape index (κ2) is 10.4. The Morgan fingerprint density at radius 3 is 2.68 bits per heavy atom. The van der Waals surface area contributed by atoms with Crippen molar-refractivity contribution in [2.75, 3.05) is 48.5 Å². The first-order valence-electron chi connectivity index (χ1n) is 10.2. The van der Waals surface area contributed by atoms with E-state index in [-0.39, 0.29) is 5.91 Å². The highest BCUT2D eigenvalue weighted by molar-refractivity contribution is 5.94. The van der Waals surface area contributed by atoms with Crippen LogP contribution in [0, 0.1) is 0 Å². The third kappa shape index (κ3) is 5.89. The Hall–Kier alpha value is -3.72. The number of carbonyl (C=O) groups is 1. The average molecular weight is 419 g/mol. The Morgan fingerprint density at radius 1 is 1.06 bits per heavy atom. The summed E-state index contributed by atoms with van der Waals surface area (Å²) in [5, 5.41) is 3.29. The number of ether oxygens (including phenoxy) is 1. The topological polar surface area (TPSA) is 104 Å². The summed E-state index contributed by atoms with van der Waals surface area (Å²) in [6, 6.07) is 15.5. The van der Waals surface area contributed by atoms with Gasteiger partial charge in [0.2, 0.25) is 5.95 Å². The lowest BCUT2D eigenvalue weighted by molar-refractivity contribution is 0.0962. The molecule has 1 saturated heterocycles. The van der Waals surface area contributed by atoms with Crippen LogP contribution in [0.2, 0.25) is 0 Å². The lowest BCUT2D eigenvalue weighted by Gasteiger charge is -2.28. The molecule has 1 amide bonds. The third-order valence-electron chi connectivity index (χ3n) is 4.82. The summed E-state index contributed by atoms with van der Waals surface area (Å²) < 4.78 is 5.44. The fourth-order valence-corrected chi connectivity index (χ4v) is 3.19. The molecule has 2 aromatic heterocycles. The van der Waals surface area contributed by atoms with E-state index < -0.39 is 0 Å². The molecule has 0 bridgehead atoms. The van der Waals surface area contributed by atoms with Gasteiger partial charge in [0.05, 0.1) is 18.8 Å². The smallest absolute Gasteiger partial charge is 0.271 e. The number of nitrogens with zero attached hydrogens (tertiary/aromatic N) is 4. The van der Waals surface area contributed by atoms with E-state index in [0.29, 0.717) is 37.1 Å². The average Bonchev–Trinajstić information content (AvgIpc) is 2.84. The van der Waals surface area contributed by atoms with Crippen LogP contribution in [0.1, 0.15) is 15.9 Å². The predicted octanol–water partition coefficient (Wildman–Crippen LogP) is 2.12. The number of carbonyl (C=O) groups excluding carboxylic acids is 1. The van der Waals surface area contributed by atoms with Crippen molar-refractivity contribution in [3.8, 4) is 0 Å². The predicted molar refractivity (Wildman–Crippen MR) is 119 cm³/mol. The summed E-state index contributed by atoms with van der Waals surface area (Å²) in [6.07, 6.45) is 3.98. The van der Waals surface area contributed by atoms with Crippen LogP contribution in [0.5, 0.6) is 0 Å². The van der Waals surface area contributed by atoms with Crippen molar-refractivity contribution < 1.29 is 9.53 Å². The van der Waals surface area contributed by atoms with Crippen LogP contribution in [0.4, 0.5) is 17.6 Å². The van der Waals surface area contributed by atoms with Crippen LogP contribution in [-0.4, -0.2) is 53.7 Å². The maximum Gasteiger partial charge on any atom is 0.271 e. The number of anilines is 3. The van der Waals surface area contributed by atoms with Crippen LogP contribution in [0.15, 0.2) is 60.9 Å². The molecule has 0 radical (unpaired) electrons. The molecule has 1 fully saturated rings. The number of rotatable bonds is 8. The van der Waals surface area contributed by atoms with E-state index in [0.717, 1.165) is 25.3 Å². The maximum atomic E-state index is 12.3. The molecule has 9 heteroatoms. The Bertz CT molecular complexity index is 980. The summed E-state index contributed by atoms with van der Waals surface area (Å²) >= 11 is 0. The van der Waals surface area contributed by atoms with E-state index in [1.165, 1.54) is 11.8 Å². The zero-order chi connectivity index (χ0) is 21.3. The van der Waals surface area contributed by atoms with Crippen molar-refractivity contribution in [1.29, 1.82) is 0 Å². The first kappa shape index (κ1) is 20.5. The molecule has 9 nitrogen and oxygen atoms in total. The quantitative estimate of drug-likeness (QED) is 0.477. The molecule has 0 atom stereocenters. The number of aromatic nitrogens is 3. The summed E-state index contributed by atoms with van der Waals surface area (Å²) in [7, 11) is 0. The molecular weight excluding hydrogens is 394 g/mol. The number of benzene rings is 1. The summed E-state index contributed by atoms with van der Waals surface area (Å²) in [4.78, 5) is 27.6. The number of amides is 1. The molecule has 1 aliphatic rings. The Morgan fingerprint density at radius 2 is 1.90 bits per heavy atom. The minimum Gasteiger partial charge on any atom is -0.378 e.